The van der Waals surface area contributed by atoms with E-state index in [0.29, 0.717) is 36.7 Å². The summed E-state index contributed by atoms with van der Waals surface area (Å²) in [4.78, 5) is 55.9. The fourth-order valence-corrected chi connectivity index (χ4v) is 13.8. The Labute approximate surface area is 464 Å². The number of carbonyl (C=O) groups is 3. The molecule has 0 unspecified atom stereocenters. The summed E-state index contributed by atoms with van der Waals surface area (Å²) in [5, 5.41) is 48.3. The van der Waals surface area contributed by atoms with Crippen molar-refractivity contribution >= 4 is 38.7 Å². The molecule has 0 bridgehead atoms. The van der Waals surface area contributed by atoms with E-state index in [1.165, 1.54) is 20.4 Å². The van der Waals surface area contributed by atoms with E-state index in [2.05, 4.69) is 5.32 Å². The molecule has 1 aromatic carbocycles. The van der Waals surface area contributed by atoms with Crippen LogP contribution in [0.4, 0.5) is 0 Å². The lowest BCUT2D eigenvalue weighted by molar-refractivity contribution is -0.318. The lowest BCUT2D eigenvalue weighted by Crippen LogP contribution is -2.65. The number of carbonyl (C=O) groups excluding carboxylic acids is 2. The second-order valence-electron chi connectivity index (χ2n) is 24.1. The molecule has 23 heteroatoms. The molecule has 1 saturated carbocycles. The first kappa shape index (κ1) is 63.1. The van der Waals surface area contributed by atoms with E-state index in [0.717, 1.165) is 11.1 Å². The van der Waals surface area contributed by atoms with Crippen molar-refractivity contribution in [2.24, 2.45) is 23.7 Å². The molecular weight excluding hydrogens is 1050 g/mol. The number of ketones is 1. The van der Waals surface area contributed by atoms with Crippen molar-refractivity contribution < 1.29 is 85.3 Å². The highest BCUT2D eigenvalue weighted by Crippen LogP contribution is 2.45. The van der Waals surface area contributed by atoms with Crippen LogP contribution in [0.25, 0.3) is 10.9 Å². The van der Waals surface area contributed by atoms with Gasteiger partial charge in [-0.25, -0.2) is 4.79 Å². The highest BCUT2D eigenvalue weighted by atomic mass is 32.2. The standard InChI is InChI=1S/C56H87N3O19S/c1-29-25-54(9,70-13)48(77-52-45(62)39(58(11)12)22-30(2)73-52)32(4)46(33(5)51(66)75-40-17-18-56(40,67)47(63)31(3)43(29)60)76-41-26-55(10,71-14)49(34(6)74-41)78-79(68,69)21-20-57-19-15-16-35-23-36-28-72-53(7,8)59-27-38(50(64)65)44(61)37(24-35)42(36)59/h23-24,27,29-34,39-41,45-49,52,57,62-63,67H,15-22,25-26,28H2,1-14H3,(H,64,65)/t29-,30-,31+,32+,33-,34+,39+,40-,41+,45-,46+,47-,48-,49+,52+,54-,55-,56-/m1/s1. The van der Waals surface area contributed by atoms with Crippen molar-refractivity contribution in [3.05, 3.63) is 45.2 Å². The van der Waals surface area contributed by atoms with Crippen molar-refractivity contribution in [3.63, 3.8) is 0 Å². The molecule has 5 N–H and O–H groups in total. The third-order valence-electron chi connectivity index (χ3n) is 17.7. The fraction of sp³-hybridized carbons (Fsp3) is 0.786. The van der Waals surface area contributed by atoms with Gasteiger partial charge >= 0.3 is 11.9 Å². The van der Waals surface area contributed by atoms with Crippen LogP contribution in [0.2, 0.25) is 0 Å². The number of fused-ring (bicyclic) bond motifs is 1. The minimum absolute atomic E-state index is 0.0380. The van der Waals surface area contributed by atoms with Crippen molar-refractivity contribution in [1.29, 1.82) is 0 Å². The van der Waals surface area contributed by atoms with Crippen LogP contribution < -0.4 is 10.7 Å². The Morgan fingerprint density at radius 2 is 1.58 bits per heavy atom. The number of aromatic carboxylic acids is 1. The number of aryl methyl sites for hydroxylation is 1. The van der Waals surface area contributed by atoms with Crippen molar-refractivity contribution in [3.8, 4) is 0 Å². The fourth-order valence-electron chi connectivity index (χ4n) is 12.6. The quantitative estimate of drug-likeness (QED) is 0.0859. The second-order valence-corrected chi connectivity index (χ2v) is 25.9. The summed E-state index contributed by atoms with van der Waals surface area (Å²) >= 11 is 0. The average Bonchev–Trinajstić information content (AvgIpc) is 3.50. The zero-order valence-electron chi connectivity index (χ0n) is 48.4. The number of hydrogen-bond donors (Lipinski definition) is 5. The summed E-state index contributed by atoms with van der Waals surface area (Å²) in [6.07, 6.45) is -7.64. The Hall–Kier alpha value is -3.53. The van der Waals surface area contributed by atoms with Crippen LogP contribution in [0.1, 0.15) is 129 Å². The summed E-state index contributed by atoms with van der Waals surface area (Å²) in [6.45, 7) is 17.9. The number of carboxylic acid groups (broad SMARTS) is 1. The molecule has 1 aliphatic carbocycles. The number of nitrogens with one attached hydrogen (secondary N) is 1. The third kappa shape index (κ3) is 13.0. The van der Waals surface area contributed by atoms with Crippen molar-refractivity contribution in [2.45, 2.75) is 211 Å². The molecule has 4 aliphatic heterocycles. The van der Waals surface area contributed by atoms with E-state index in [9.17, 15) is 48.0 Å². The van der Waals surface area contributed by atoms with Gasteiger partial charge in [0.1, 0.15) is 41.0 Å². The van der Waals surface area contributed by atoms with Crippen LogP contribution in [0.15, 0.2) is 23.1 Å². The number of aliphatic hydroxyl groups excluding tert-OH is 2. The lowest BCUT2D eigenvalue weighted by Gasteiger charge is -2.51. The summed E-state index contributed by atoms with van der Waals surface area (Å²) in [7, 11) is 2.38. The number of aromatic nitrogens is 1. The number of Topliss-reactive ketones (excluding diaryl/α,β-unsaturated/α-hetero) is 1. The molecular formula is C56H87N3O19S. The molecule has 22 nitrogen and oxygen atoms in total. The molecule has 7 rings (SSSR count). The maximum absolute atomic E-state index is 14.5. The van der Waals surface area contributed by atoms with Crippen molar-refractivity contribution in [2.75, 3.05) is 47.2 Å². The smallest absolute Gasteiger partial charge is 0.341 e. The lowest BCUT2D eigenvalue weighted by atomic mass is 9.67. The van der Waals surface area contributed by atoms with Gasteiger partial charge in [-0.2, -0.15) is 8.42 Å². The second kappa shape index (κ2) is 24.4. The monoisotopic (exact) mass is 1140 g/mol. The molecule has 18 atom stereocenters. The van der Waals surface area contributed by atoms with Crippen LogP contribution >= 0.6 is 0 Å². The molecule has 1 aromatic heterocycles. The van der Waals surface area contributed by atoms with Gasteiger partial charge in [-0.1, -0.05) is 26.8 Å². The van der Waals surface area contributed by atoms with Crippen LogP contribution in [-0.4, -0.2) is 187 Å². The van der Waals surface area contributed by atoms with Crippen LogP contribution in [-0.2, 0) is 80.5 Å². The Balaban J connectivity index is 1.07. The first-order valence-corrected chi connectivity index (χ1v) is 29.3. The van der Waals surface area contributed by atoms with E-state index in [-0.39, 0.29) is 62.3 Å². The number of aliphatic hydroxyl groups is 3. The maximum Gasteiger partial charge on any atom is 0.341 e. The molecule has 4 fully saturated rings. The van der Waals surface area contributed by atoms with Crippen LogP contribution in [0.3, 0.4) is 0 Å². The van der Waals surface area contributed by atoms with Gasteiger partial charge in [0, 0.05) is 68.1 Å². The normalized spacial score (nSPS) is 38.4. The number of esters is 1. The molecule has 0 amide bonds. The predicted molar refractivity (Wildman–Crippen MR) is 287 cm³/mol. The van der Waals surface area contributed by atoms with Gasteiger partial charge in [-0.3, -0.25) is 18.6 Å². The largest absolute Gasteiger partial charge is 0.477 e. The number of rotatable bonds is 17. The molecule has 79 heavy (non-hydrogen) atoms. The van der Waals surface area contributed by atoms with E-state index in [4.69, 9.17) is 42.1 Å². The highest BCUT2D eigenvalue weighted by molar-refractivity contribution is 7.86. The number of hydrogen-bond acceptors (Lipinski definition) is 20. The Morgan fingerprint density at radius 3 is 2.20 bits per heavy atom. The average molecular weight is 1140 g/mol. The minimum atomic E-state index is -4.22. The number of ether oxygens (including phenoxy) is 8. The molecule has 5 aliphatic rings. The van der Waals surface area contributed by atoms with Crippen LogP contribution in [0.5, 0.6) is 0 Å². The summed E-state index contributed by atoms with van der Waals surface area (Å²) in [6, 6.07) is 3.30. The van der Waals surface area contributed by atoms with Gasteiger partial charge < -0.3 is 73.1 Å². The Morgan fingerprint density at radius 1 is 0.911 bits per heavy atom. The summed E-state index contributed by atoms with van der Waals surface area (Å²) in [5.74, 6) is -6.60. The molecule has 5 heterocycles. The zero-order valence-corrected chi connectivity index (χ0v) is 49.2. The van der Waals surface area contributed by atoms with E-state index in [1.54, 1.807) is 72.9 Å². The van der Waals surface area contributed by atoms with Gasteiger partial charge in [-0.05, 0) is 119 Å². The number of benzene rings is 1. The molecule has 446 valence electrons. The Bertz CT molecular complexity index is 2700. The first-order chi connectivity index (χ1) is 36.8. The topological polar surface area (TPSA) is 287 Å². The summed E-state index contributed by atoms with van der Waals surface area (Å²) in [5.41, 5.74) is -4.17. The summed E-state index contributed by atoms with van der Waals surface area (Å²) < 4.78 is 86.0. The number of nitrogens with zero attached hydrogens (tertiary/aromatic N) is 2. The van der Waals surface area contributed by atoms with E-state index < -0.39 is 135 Å². The van der Waals surface area contributed by atoms with E-state index in [1.807, 2.05) is 32.0 Å². The highest BCUT2D eigenvalue weighted by Gasteiger charge is 2.58. The first-order valence-electron chi connectivity index (χ1n) is 27.7. The number of methoxy groups -OCH3 is 2. The Kier molecular flexibility index (Phi) is 19.4. The molecule has 3 saturated heterocycles. The van der Waals surface area contributed by atoms with Gasteiger partial charge in [0.15, 0.2) is 12.6 Å². The third-order valence-corrected chi connectivity index (χ3v) is 18.9. The van der Waals surface area contributed by atoms with Crippen LogP contribution in [0, 0.1) is 23.7 Å². The molecule has 0 radical (unpaired) electrons. The predicted octanol–water partition coefficient (Wildman–Crippen LogP) is 3.62. The van der Waals surface area contributed by atoms with Gasteiger partial charge in [-0.15, -0.1) is 0 Å². The van der Waals surface area contributed by atoms with Gasteiger partial charge in [0.25, 0.3) is 10.1 Å². The van der Waals surface area contributed by atoms with Crippen molar-refractivity contribution in [1.82, 2.24) is 14.8 Å². The molecule has 2 aromatic rings. The van der Waals surface area contributed by atoms with E-state index >= 15 is 0 Å². The number of likely N-dealkylation sites (N-methyl/N-ethyl adjacent to an activating group) is 1. The van der Waals surface area contributed by atoms with Gasteiger partial charge in [0.05, 0.1) is 65.5 Å². The van der Waals surface area contributed by atoms with Gasteiger partial charge in [0.2, 0.25) is 5.43 Å². The molecule has 0 spiro atoms. The minimum Gasteiger partial charge on any atom is -0.477 e. The SMILES string of the molecule is CO[C@]1(C)C[C@@H](C)C(=O)[C@H](C)[C@@H](O)[C@@]2(O)CC[C@H]2OC(=O)[C@H](C)[C@@H](O[C@H]2C[C@@](C)(OC)[C@@H](OS(=O)(=O)CCNCCCc3cc4c5c(c3)c(=O)c(C(=O)O)cn5C(C)(C)OC4)[C@H](C)O2)[C@H](C)[C@H]1O[C@@H]1O[C@H](C)C[C@H](N(C)C)[C@H]1O. The number of carboxylic acids is 1. The number of pyridine rings is 1. The zero-order chi connectivity index (χ0) is 58.5. The maximum atomic E-state index is 14.5.